The average Bonchev–Trinajstić information content (AvgIpc) is 2.84. The summed E-state index contributed by atoms with van der Waals surface area (Å²) in [6, 6.07) is 6.50. The molecule has 1 aliphatic carbocycles. The molecule has 0 saturated heterocycles. The first kappa shape index (κ1) is 12.4. The molecule has 0 atom stereocenters. The summed E-state index contributed by atoms with van der Waals surface area (Å²) in [4.78, 5) is 7.94. The van der Waals surface area contributed by atoms with Gasteiger partial charge in [-0.05, 0) is 49.7 Å². The first-order valence-electron chi connectivity index (χ1n) is 6.70. The van der Waals surface area contributed by atoms with Gasteiger partial charge in [0.1, 0.15) is 11.6 Å². The maximum Gasteiger partial charge on any atom is 0.123 e. The Labute approximate surface area is 112 Å². The molecule has 0 amide bonds. The second-order valence-electron chi connectivity index (χ2n) is 5.32. The predicted octanol–water partition coefficient (Wildman–Crippen LogP) is 2.86. The number of imidazole rings is 1. The largest absolute Gasteiger partial charge is 0.342 e. The van der Waals surface area contributed by atoms with E-state index in [2.05, 4.69) is 15.3 Å². The lowest BCUT2D eigenvalue weighted by atomic mass is 9.68. The predicted molar refractivity (Wildman–Crippen MR) is 73.4 cm³/mol. The highest BCUT2D eigenvalue weighted by Crippen LogP contribution is 2.42. The summed E-state index contributed by atoms with van der Waals surface area (Å²) in [5.74, 6) is 0.835. The molecule has 3 nitrogen and oxygen atoms in total. The normalized spacial score (nSPS) is 17.2. The lowest BCUT2D eigenvalue weighted by molar-refractivity contribution is 0.226. The fourth-order valence-corrected chi connectivity index (χ4v) is 2.81. The number of H-pyrrole nitrogens is 1. The lowest BCUT2D eigenvalue weighted by Crippen LogP contribution is -2.43. The topological polar surface area (TPSA) is 40.7 Å². The Morgan fingerprint density at radius 1 is 1.32 bits per heavy atom. The van der Waals surface area contributed by atoms with E-state index in [0.29, 0.717) is 0 Å². The number of halogens is 1. The maximum atomic E-state index is 12.9. The van der Waals surface area contributed by atoms with E-state index in [0.717, 1.165) is 23.6 Å². The molecule has 4 heteroatoms. The molecule has 1 aliphatic rings. The highest BCUT2D eigenvalue weighted by molar-refractivity contribution is 5.58. The molecule has 1 aromatic heterocycles. The van der Waals surface area contributed by atoms with Crippen LogP contribution in [0.2, 0.25) is 0 Å². The summed E-state index contributed by atoms with van der Waals surface area (Å²) in [6.45, 7) is 0.948. The number of hydrogen-bond acceptors (Lipinski definition) is 2. The van der Waals surface area contributed by atoms with E-state index in [-0.39, 0.29) is 11.2 Å². The third kappa shape index (κ3) is 2.16. The minimum absolute atomic E-state index is 0.160. The van der Waals surface area contributed by atoms with Crippen molar-refractivity contribution in [1.29, 1.82) is 0 Å². The van der Waals surface area contributed by atoms with Crippen LogP contribution in [-0.4, -0.2) is 23.6 Å². The van der Waals surface area contributed by atoms with Crippen LogP contribution < -0.4 is 5.32 Å². The zero-order valence-corrected chi connectivity index (χ0v) is 11.0. The summed E-state index contributed by atoms with van der Waals surface area (Å²) in [5.41, 5.74) is 2.09. The van der Waals surface area contributed by atoms with Crippen LogP contribution in [0.3, 0.4) is 0 Å². The average molecular weight is 259 g/mol. The van der Waals surface area contributed by atoms with Crippen molar-refractivity contribution in [1.82, 2.24) is 15.3 Å². The van der Waals surface area contributed by atoms with Crippen LogP contribution in [0.1, 0.15) is 25.1 Å². The Kier molecular flexibility index (Phi) is 3.11. The first-order valence-corrected chi connectivity index (χ1v) is 6.70. The monoisotopic (exact) mass is 259 g/mol. The van der Waals surface area contributed by atoms with E-state index in [9.17, 15) is 4.39 Å². The molecule has 0 radical (unpaired) electrons. The second-order valence-corrected chi connectivity index (χ2v) is 5.32. The SMILES string of the molecule is CNCC1(c2ncc(-c3ccc(F)cc3)[nH]2)CCC1. The highest BCUT2D eigenvalue weighted by atomic mass is 19.1. The van der Waals surface area contributed by atoms with E-state index >= 15 is 0 Å². The van der Waals surface area contributed by atoms with Crippen molar-refractivity contribution in [3.63, 3.8) is 0 Å². The van der Waals surface area contributed by atoms with Gasteiger partial charge in [0.15, 0.2) is 0 Å². The second kappa shape index (κ2) is 4.78. The number of benzene rings is 1. The molecule has 1 saturated carbocycles. The van der Waals surface area contributed by atoms with Gasteiger partial charge >= 0.3 is 0 Å². The van der Waals surface area contributed by atoms with Gasteiger partial charge in [0.05, 0.1) is 11.9 Å². The maximum absolute atomic E-state index is 12.9. The molecule has 19 heavy (non-hydrogen) atoms. The van der Waals surface area contributed by atoms with Crippen LogP contribution >= 0.6 is 0 Å². The van der Waals surface area contributed by atoms with E-state index in [1.54, 1.807) is 12.1 Å². The van der Waals surface area contributed by atoms with Gasteiger partial charge in [-0.2, -0.15) is 0 Å². The van der Waals surface area contributed by atoms with Gasteiger partial charge in [0.25, 0.3) is 0 Å². The number of likely N-dealkylation sites (N-methyl/N-ethyl adjacent to an activating group) is 1. The summed E-state index contributed by atoms with van der Waals surface area (Å²) < 4.78 is 12.9. The van der Waals surface area contributed by atoms with Crippen molar-refractivity contribution in [3.8, 4) is 11.3 Å². The number of nitrogens with one attached hydrogen (secondary N) is 2. The van der Waals surface area contributed by atoms with Crippen LogP contribution in [0.4, 0.5) is 4.39 Å². The van der Waals surface area contributed by atoms with E-state index in [1.165, 1.54) is 31.4 Å². The van der Waals surface area contributed by atoms with Crippen molar-refractivity contribution in [3.05, 3.63) is 42.1 Å². The first-order chi connectivity index (χ1) is 9.23. The number of nitrogens with zero attached hydrogens (tertiary/aromatic N) is 1. The Morgan fingerprint density at radius 2 is 2.05 bits per heavy atom. The van der Waals surface area contributed by atoms with Gasteiger partial charge in [-0.15, -0.1) is 0 Å². The smallest absolute Gasteiger partial charge is 0.123 e. The molecule has 3 rings (SSSR count). The number of aromatic amines is 1. The quantitative estimate of drug-likeness (QED) is 0.886. The van der Waals surface area contributed by atoms with Gasteiger partial charge in [-0.3, -0.25) is 0 Å². The van der Waals surface area contributed by atoms with Crippen LogP contribution in [-0.2, 0) is 5.41 Å². The minimum Gasteiger partial charge on any atom is -0.342 e. The van der Waals surface area contributed by atoms with Crippen molar-refractivity contribution >= 4 is 0 Å². The number of rotatable bonds is 4. The van der Waals surface area contributed by atoms with Crippen molar-refractivity contribution in [2.45, 2.75) is 24.7 Å². The Balaban J connectivity index is 1.88. The molecular formula is C15H18FN3. The Hall–Kier alpha value is -1.68. The van der Waals surface area contributed by atoms with Crippen molar-refractivity contribution in [2.24, 2.45) is 0 Å². The zero-order chi connectivity index (χ0) is 13.3. The zero-order valence-electron chi connectivity index (χ0n) is 11.0. The van der Waals surface area contributed by atoms with E-state index < -0.39 is 0 Å². The molecule has 1 fully saturated rings. The summed E-state index contributed by atoms with van der Waals surface area (Å²) in [6.07, 6.45) is 5.45. The highest BCUT2D eigenvalue weighted by Gasteiger charge is 2.40. The molecule has 100 valence electrons. The molecular weight excluding hydrogens is 241 g/mol. The Bertz CT molecular complexity index is 555. The molecule has 2 N–H and O–H groups in total. The fraction of sp³-hybridized carbons (Fsp3) is 0.400. The van der Waals surface area contributed by atoms with Crippen LogP contribution in [0.25, 0.3) is 11.3 Å². The van der Waals surface area contributed by atoms with Gasteiger partial charge in [0.2, 0.25) is 0 Å². The molecule has 1 aromatic carbocycles. The van der Waals surface area contributed by atoms with E-state index in [1.807, 2.05) is 13.2 Å². The summed E-state index contributed by atoms with van der Waals surface area (Å²) >= 11 is 0. The van der Waals surface area contributed by atoms with Crippen molar-refractivity contribution in [2.75, 3.05) is 13.6 Å². The van der Waals surface area contributed by atoms with Crippen LogP contribution in [0.15, 0.2) is 30.5 Å². The third-order valence-corrected chi connectivity index (χ3v) is 4.06. The van der Waals surface area contributed by atoms with Gasteiger partial charge in [-0.25, -0.2) is 9.37 Å². The molecule has 1 heterocycles. The van der Waals surface area contributed by atoms with Gasteiger partial charge < -0.3 is 10.3 Å². The Morgan fingerprint density at radius 3 is 2.63 bits per heavy atom. The summed E-state index contributed by atoms with van der Waals surface area (Å²) in [5, 5.41) is 3.26. The lowest BCUT2D eigenvalue weighted by Gasteiger charge is -2.40. The molecule has 0 unspecified atom stereocenters. The molecule has 0 bridgehead atoms. The van der Waals surface area contributed by atoms with Crippen molar-refractivity contribution < 1.29 is 4.39 Å². The molecule has 0 aliphatic heterocycles. The van der Waals surface area contributed by atoms with Crippen LogP contribution in [0.5, 0.6) is 0 Å². The van der Waals surface area contributed by atoms with Crippen LogP contribution in [0, 0.1) is 5.82 Å². The van der Waals surface area contributed by atoms with Gasteiger partial charge in [-0.1, -0.05) is 6.42 Å². The number of hydrogen-bond donors (Lipinski definition) is 2. The molecule has 0 spiro atoms. The minimum atomic E-state index is -0.214. The standard InChI is InChI=1S/C15H18FN3/c1-17-10-15(7-2-8-15)14-18-9-13(19-14)11-3-5-12(16)6-4-11/h3-6,9,17H,2,7-8,10H2,1H3,(H,18,19). The molecule has 2 aromatic rings. The fourth-order valence-electron chi connectivity index (χ4n) is 2.81. The van der Waals surface area contributed by atoms with E-state index in [4.69, 9.17) is 0 Å². The van der Waals surface area contributed by atoms with Gasteiger partial charge in [0, 0.05) is 12.0 Å². The third-order valence-electron chi connectivity index (χ3n) is 4.06. The summed E-state index contributed by atoms with van der Waals surface area (Å²) in [7, 11) is 1.98. The number of aromatic nitrogens is 2.